The second kappa shape index (κ2) is 7.94. The van der Waals surface area contributed by atoms with Crippen LogP contribution in [0.5, 0.6) is 0 Å². The lowest BCUT2D eigenvalue weighted by Crippen LogP contribution is -2.46. The van der Waals surface area contributed by atoms with Gasteiger partial charge in [0.15, 0.2) is 0 Å². The molecular weight excluding hydrogens is 310 g/mol. The molecule has 134 valence electrons. The van der Waals surface area contributed by atoms with Gasteiger partial charge in [0.25, 0.3) is 5.95 Å². The maximum atomic E-state index is 12.6. The van der Waals surface area contributed by atoms with Gasteiger partial charge in [0, 0.05) is 59.2 Å². The van der Waals surface area contributed by atoms with Gasteiger partial charge in [-0.25, -0.2) is 0 Å². The predicted octanol–water partition coefficient (Wildman–Crippen LogP) is 0.391. The standard InChI is InChI=1S/C16H27N5O3/c1-19(2)16-17-14(24-18-16)5-6-15(22)21-7-3-4-13(21)12-20-8-10-23-11-9-20/h13H,3-12H2,1-2H3/t13-/m0/s1. The molecule has 0 spiro atoms. The smallest absolute Gasteiger partial charge is 0.265 e. The third kappa shape index (κ3) is 4.24. The topological polar surface area (TPSA) is 74.9 Å². The second-order valence-corrected chi connectivity index (χ2v) is 6.68. The zero-order chi connectivity index (χ0) is 16.9. The Morgan fingerprint density at radius 2 is 2.08 bits per heavy atom. The molecule has 2 saturated heterocycles. The first-order chi connectivity index (χ1) is 11.6. The minimum atomic E-state index is 0.190. The van der Waals surface area contributed by atoms with Gasteiger partial charge in [-0.3, -0.25) is 9.69 Å². The fourth-order valence-electron chi connectivity index (χ4n) is 3.32. The Balaban J connectivity index is 1.49. The van der Waals surface area contributed by atoms with Crippen molar-refractivity contribution in [2.75, 3.05) is 58.4 Å². The zero-order valence-electron chi connectivity index (χ0n) is 14.6. The van der Waals surface area contributed by atoms with Crippen LogP contribution in [0.2, 0.25) is 0 Å². The van der Waals surface area contributed by atoms with Crippen LogP contribution < -0.4 is 4.90 Å². The molecule has 0 unspecified atom stereocenters. The quantitative estimate of drug-likeness (QED) is 0.743. The number of nitrogens with zero attached hydrogens (tertiary/aromatic N) is 5. The molecule has 3 rings (SSSR count). The molecule has 3 heterocycles. The molecule has 0 radical (unpaired) electrons. The van der Waals surface area contributed by atoms with Gasteiger partial charge in [-0.05, 0) is 18.0 Å². The highest BCUT2D eigenvalue weighted by Crippen LogP contribution is 2.20. The molecular formula is C16H27N5O3. The van der Waals surface area contributed by atoms with Crippen molar-refractivity contribution in [3.8, 4) is 0 Å². The Morgan fingerprint density at radius 3 is 2.79 bits per heavy atom. The van der Waals surface area contributed by atoms with E-state index < -0.39 is 0 Å². The molecule has 1 aromatic rings. The van der Waals surface area contributed by atoms with Crippen LogP contribution >= 0.6 is 0 Å². The summed E-state index contributed by atoms with van der Waals surface area (Å²) < 4.78 is 10.6. The average molecular weight is 337 g/mol. The van der Waals surface area contributed by atoms with Crippen LogP contribution in [-0.2, 0) is 16.0 Å². The first-order valence-electron chi connectivity index (χ1n) is 8.73. The van der Waals surface area contributed by atoms with Crippen molar-refractivity contribution in [1.82, 2.24) is 19.9 Å². The van der Waals surface area contributed by atoms with Gasteiger partial charge in [-0.1, -0.05) is 0 Å². The molecule has 8 heteroatoms. The van der Waals surface area contributed by atoms with Crippen LogP contribution in [0, 0.1) is 0 Å². The fourth-order valence-corrected chi connectivity index (χ4v) is 3.32. The summed E-state index contributed by atoms with van der Waals surface area (Å²) >= 11 is 0. The van der Waals surface area contributed by atoms with E-state index in [4.69, 9.17) is 9.26 Å². The van der Waals surface area contributed by atoms with Crippen molar-refractivity contribution in [1.29, 1.82) is 0 Å². The van der Waals surface area contributed by atoms with E-state index in [9.17, 15) is 4.79 Å². The lowest BCUT2D eigenvalue weighted by molar-refractivity contribution is -0.132. The van der Waals surface area contributed by atoms with Crippen molar-refractivity contribution in [2.45, 2.75) is 31.7 Å². The predicted molar refractivity (Wildman–Crippen MR) is 88.9 cm³/mol. The first kappa shape index (κ1) is 17.2. The van der Waals surface area contributed by atoms with E-state index in [1.54, 1.807) is 4.90 Å². The largest absolute Gasteiger partial charge is 0.379 e. The molecule has 1 aromatic heterocycles. The number of morpholine rings is 1. The van der Waals surface area contributed by atoms with Crippen LogP contribution in [0.4, 0.5) is 5.95 Å². The lowest BCUT2D eigenvalue weighted by Gasteiger charge is -2.33. The summed E-state index contributed by atoms with van der Waals surface area (Å²) in [6.45, 7) is 5.35. The Morgan fingerprint density at radius 1 is 1.29 bits per heavy atom. The highest BCUT2D eigenvalue weighted by atomic mass is 16.5. The molecule has 0 aliphatic carbocycles. The summed E-state index contributed by atoms with van der Waals surface area (Å²) in [5.41, 5.74) is 0. The van der Waals surface area contributed by atoms with Gasteiger partial charge in [0.05, 0.1) is 13.2 Å². The molecule has 1 amide bonds. The van der Waals surface area contributed by atoms with Crippen LogP contribution in [-0.4, -0.2) is 85.4 Å². The van der Waals surface area contributed by atoms with Gasteiger partial charge in [-0.15, -0.1) is 0 Å². The lowest BCUT2D eigenvalue weighted by atomic mass is 10.2. The normalized spacial score (nSPS) is 22.1. The molecule has 0 saturated carbocycles. The first-order valence-corrected chi connectivity index (χ1v) is 8.73. The van der Waals surface area contributed by atoms with Crippen LogP contribution in [0.25, 0.3) is 0 Å². The third-order valence-electron chi connectivity index (χ3n) is 4.68. The minimum Gasteiger partial charge on any atom is -0.379 e. The van der Waals surface area contributed by atoms with E-state index in [1.165, 1.54) is 0 Å². The molecule has 8 nitrogen and oxygen atoms in total. The summed E-state index contributed by atoms with van der Waals surface area (Å²) in [7, 11) is 3.72. The Labute approximate surface area is 142 Å². The van der Waals surface area contributed by atoms with Crippen molar-refractivity contribution in [2.24, 2.45) is 0 Å². The van der Waals surface area contributed by atoms with Crippen molar-refractivity contribution in [3.63, 3.8) is 0 Å². The summed E-state index contributed by atoms with van der Waals surface area (Å²) in [5, 5.41) is 3.88. The van der Waals surface area contributed by atoms with E-state index >= 15 is 0 Å². The van der Waals surface area contributed by atoms with E-state index in [2.05, 4.69) is 15.0 Å². The Kier molecular flexibility index (Phi) is 5.68. The van der Waals surface area contributed by atoms with E-state index in [0.717, 1.165) is 52.2 Å². The van der Waals surface area contributed by atoms with Crippen LogP contribution in [0.3, 0.4) is 0 Å². The summed E-state index contributed by atoms with van der Waals surface area (Å²) in [6.07, 6.45) is 3.11. The highest BCUT2D eigenvalue weighted by molar-refractivity contribution is 5.77. The number of hydrogen-bond donors (Lipinski definition) is 0. The number of amides is 1. The highest BCUT2D eigenvalue weighted by Gasteiger charge is 2.30. The zero-order valence-corrected chi connectivity index (χ0v) is 14.6. The molecule has 2 aliphatic rings. The number of aryl methyl sites for hydroxylation is 1. The number of likely N-dealkylation sites (tertiary alicyclic amines) is 1. The van der Waals surface area contributed by atoms with Gasteiger partial charge in [0.1, 0.15) is 0 Å². The Bertz CT molecular complexity index is 542. The molecule has 24 heavy (non-hydrogen) atoms. The van der Waals surface area contributed by atoms with Crippen LogP contribution in [0.15, 0.2) is 4.52 Å². The molecule has 1 atom stereocenters. The molecule has 0 aromatic carbocycles. The number of carbonyl (C=O) groups excluding carboxylic acids is 1. The maximum Gasteiger partial charge on any atom is 0.265 e. The SMILES string of the molecule is CN(C)c1noc(CCC(=O)N2CCC[C@H]2CN2CCOCC2)n1. The fraction of sp³-hybridized carbons (Fsp3) is 0.812. The number of rotatable bonds is 6. The van der Waals surface area contributed by atoms with Gasteiger partial charge >= 0.3 is 0 Å². The second-order valence-electron chi connectivity index (χ2n) is 6.68. The maximum absolute atomic E-state index is 12.6. The summed E-state index contributed by atoms with van der Waals surface area (Å²) in [4.78, 5) is 23.1. The van der Waals surface area contributed by atoms with E-state index in [0.29, 0.717) is 30.7 Å². The summed E-state index contributed by atoms with van der Waals surface area (Å²) in [6, 6.07) is 0.329. The van der Waals surface area contributed by atoms with Crippen molar-refractivity contribution >= 4 is 11.9 Å². The number of anilines is 1. The van der Waals surface area contributed by atoms with Gasteiger partial charge in [0.2, 0.25) is 11.8 Å². The number of aromatic nitrogens is 2. The monoisotopic (exact) mass is 337 g/mol. The molecule has 2 fully saturated rings. The number of hydrogen-bond acceptors (Lipinski definition) is 7. The van der Waals surface area contributed by atoms with Crippen LogP contribution in [0.1, 0.15) is 25.2 Å². The average Bonchev–Trinajstić information content (AvgIpc) is 3.23. The summed E-state index contributed by atoms with van der Waals surface area (Å²) in [5.74, 6) is 1.26. The molecule has 0 bridgehead atoms. The van der Waals surface area contributed by atoms with Crippen molar-refractivity contribution < 1.29 is 14.1 Å². The van der Waals surface area contributed by atoms with Crippen molar-refractivity contribution in [3.05, 3.63) is 5.89 Å². The van der Waals surface area contributed by atoms with Gasteiger partial charge in [-0.2, -0.15) is 4.98 Å². The molecule has 0 N–H and O–H groups in total. The van der Waals surface area contributed by atoms with Gasteiger partial charge < -0.3 is 19.1 Å². The Hall–Kier alpha value is -1.67. The van der Waals surface area contributed by atoms with E-state index in [1.807, 2.05) is 19.0 Å². The minimum absolute atomic E-state index is 0.190. The number of ether oxygens (including phenoxy) is 1. The number of carbonyl (C=O) groups is 1. The van der Waals surface area contributed by atoms with E-state index in [-0.39, 0.29) is 5.91 Å². The molecule has 2 aliphatic heterocycles. The third-order valence-corrected chi connectivity index (χ3v) is 4.68.